The van der Waals surface area contributed by atoms with Crippen LogP contribution in [-0.2, 0) is 12.8 Å². The predicted molar refractivity (Wildman–Crippen MR) is 128 cm³/mol. The minimum atomic E-state index is 0.472. The number of benzene rings is 1. The van der Waals surface area contributed by atoms with Crippen molar-refractivity contribution in [3.05, 3.63) is 70.1 Å². The van der Waals surface area contributed by atoms with Crippen molar-refractivity contribution in [1.29, 1.82) is 0 Å². The summed E-state index contributed by atoms with van der Waals surface area (Å²) >= 11 is 0. The maximum atomic E-state index is 4.97. The van der Waals surface area contributed by atoms with E-state index >= 15 is 0 Å². The first kappa shape index (κ1) is 20.8. The highest BCUT2D eigenvalue weighted by Crippen LogP contribution is 2.35. The fourth-order valence-electron chi connectivity index (χ4n) is 5.06. The van der Waals surface area contributed by atoms with Gasteiger partial charge in [0.2, 0.25) is 0 Å². The second kappa shape index (κ2) is 9.16. The van der Waals surface area contributed by atoms with Gasteiger partial charge in [-0.25, -0.2) is 0 Å². The third-order valence-corrected chi connectivity index (χ3v) is 6.51. The van der Waals surface area contributed by atoms with Crippen LogP contribution in [0.2, 0.25) is 0 Å². The Morgan fingerprint density at radius 1 is 1.23 bits per heavy atom. The number of fused-ring (bicyclic) bond motifs is 2. The minimum Gasteiger partial charge on any atom is -0.380 e. The van der Waals surface area contributed by atoms with Crippen molar-refractivity contribution in [3.8, 4) is 0 Å². The highest BCUT2D eigenvalue weighted by molar-refractivity contribution is 6.03. The van der Waals surface area contributed by atoms with Crippen molar-refractivity contribution in [2.24, 2.45) is 21.8 Å². The number of aliphatic imine (C=N–C) groups is 2. The second-order valence-corrected chi connectivity index (χ2v) is 9.16. The molecule has 3 nitrogen and oxygen atoms in total. The molecule has 4 rings (SSSR count). The first-order valence-corrected chi connectivity index (χ1v) is 11.6. The van der Waals surface area contributed by atoms with E-state index in [1.165, 1.54) is 45.7 Å². The number of aryl methyl sites for hydroxylation is 1. The van der Waals surface area contributed by atoms with E-state index in [2.05, 4.69) is 74.6 Å². The lowest BCUT2D eigenvalue weighted by molar-refractivity contribution is 0.495. The summed E-state index contributed by atoms with van der Waals surface area (Å²) in [5.41, 5.74) is 9.43. The van der Waals surface area contributed by atoms with Gasteiger partial charge in [-0.3, -0.25) is 9.98 Å². The zero-order valence-electron chi connectivity index (χ0n) is 18.9. The highest BCUT2D eigenvalue weighted by atomic mass is 15.0. The summed E-state index contributed by atoms with van der Waals surface area (Å²) < 4.78 is 0. The quantitative estimate of drug-likeness (QED) is 0.606. The van der Waals surface area contributed by atoms with E-state index in [0.717, 1.165) is 32.2 Å². The molecular formula is C27H35N3. The molecule has 0 amide bonds. The Balaban J connectivity index is 1.51. The van der Waals surface area contributed by atoms with Crippen molar-refractivity contribution in [2.75, 3.05) is 6.54 Å². The highest BCUT2D eigenvalue weighted by Gasteiger charge is 2.32. The molecule has 0 bridgehead atoms. The SMILES string of the molecule is C/C=C(\C=NCCC)C1=CN=C2C(NC3Cc4ccc(C)cc4C3)=CC(C)CC2C1. The number of hydrogen-bond donors (Lipinski definition) is 1. The monoisotopic (exact) mass is 401 g/mol. The third-order valence-electron chi connectivity index (χ3n) is 6.51. The van der Waals surface area contributed by atoms with Gasteiger partial charge in [0.15, 0.2) is 0 Å². The van der Waals surface area contributed by atoms with Crippen LogP contribution in [0.25, 0.3) is 0 Å². The summed E-state index contributed by atoms with van der Waals surface area (Å²) in [6.45, 7) is 9.67. The fourth-order valence-corrected chi connectivity index (χ4v) is 5.06. The van der Waals surface area contributed by atoms with E-state index in [1.807, 2.05) is 6.21 Å². The van der Waals surface area contributed by atoms with E-state index in [9.17, 15) is 0 Å². The summed E-state index contributed by atoms with van der Waals surface area (Å²) in [4.78, 5) is 9.53. The van der Waals surface area contributed by atoms with Gasteiger partial charge in [0, 0.05) is 30.9 Å². The van der Waals surface area contributed by atoms with Crippen LogP contribution in [0.1, 0.15) is 56.7 Å². The van der Waals surface area contributed by atoms with Crippen LogP contribution in [0.15, 0.2) is 63.4 Å². The average Bonchev–Trinajstić information content (AvgIpc) is 3.12. The van der Waals surface area contributed by atoms with Gasteiger partial charge in [0.05, 0.1) is 11.4 Å². The van der Waals surface area contributed by atoms with E-state index in [0.29, 0.717) is 17.9 Å². The summed E-state index contributed by atoms with van der Waals surface area (Å²) in [5.74, 6) is 1.07. The maximum absolute atomic E-state index is 4.97. The van der Waals surface area contributed by atoms with Crippen molar-refractivity contribution < 1.29 is 0 Å². The molecule has 0 aromatic heterocycles. The molecule has 0 saturated carbocycles. The van der Waals surface area contributed by atoms with Gasteiger partial charge in [-0.15, -0.1) is 0 Å². The Kier molecular flexibility index (Phi) is 6.36. The predicted octanol–water partition coefficient (Wildman–Crippen LogP) is 5.75. The lowest BCUT2D eigenvalue weighted by atomic mass is 9.78. The summed E-state index contributed by atoms with van der Waals surface area (Å²) in [6.07, 6.45) is 14.2. The topological polar surface area (TPSA) is 36.8 Å². The van der Waals surface area contributed by atoms with Crippen LogP contribution >= 0.6 is 0 Å². The average molecular weight is 402 g/mol. The van der Waals surface area contributed by atoms with Gasteiger partial charge in [0.25, 0.3) is 0 Å². The van der Waals surface area contributed by atoms with Gasteiger partial charge in [-0.2, -0.15) is 0 Å². The van der Waals surface area contributed by atoms with E-state index in [1.54, 1.807) is 0 Å². The molecule has 0 fully saturated rings. The molecule has 3 unspecified atom stereocenters. The first-order valence-electron chi connectivity index (χ1n) is 11.6. The molecule has 2 aliphatic carbocycles. The molecule has 1 aromatic carbocycles. The van der Waals surface area contributed by atoms with Gasteiger partial charge in [-0.05, 0) is 74.1 Å². The largest absolute Gasteiger partial charge is 0.380 e. The van der Waals surface area contributed by atoms with Crippen molar-refractivity contribution >= 4 is 11.9 Å². The Labute approximate surface area is 181 Å². The Bertz CT molecular complexity index is 945. The molecular weight excluding hydrogens is 366 g/mol. The molecule has 0 radical (unpaired) electrons. The number of nitrogens with zero attached hydrogens (tertiary/aromatic N) is 2. The minimum absolute atomic E-state index is 0.472. The Morgan fingerprint density at radius 2 is 2.07 bits per heavy atom. The third kappa shape index (κ3) is 4.50. The maximum Gasteiger partial charge on any atom is 0.0666 e. The molecule has 3 heteroatoms. The molecule has 30 heavy (non-hydrogen) atoms. The Hall–Kier alpha value is -2.42. The van der Waals surface area contributed by atoms with Gasteiger partial charge >= 0.3 is 0 Å². The van der Waals surface area contributed by atoms with Crippen LogP contribution in [0, 0.1) is 18.8 Å². The van der Waals surface area contributed by atoms with Crippen molar-refractivity contribution in [1.82, 2.24) is 5.32 Å². The zero-order chi connectivity index (χ0) is 21.1. The summed E-state index contributed by atoms with van der Waals surface area (Å²) in [6, 6.07) is 7.36. The van der Waals surface area contributed by atoms with Gasteiger partial charge in [0.1, 0.15) is 0 Å². The van der Waals surface area contributed by atoms with E-state index in [-0.39, 0.29) is 0 Å². The number of nitrogens with one attached hydrogen (secondary N) is 1. The van der Waals surface area contributed by atoms with E-state index in [4.69, 9.17) is 4.99 Å². The molecule has 0 saturated heterocycles. The molecule has 1 N–H and O–H groups in total. The van der Waals surface area contributed by atoms with Gasteiger partial charge in [-0.1, -0.05) is 49.8 Å². The smallest absolute Gasteiger partial charge is 0.0666 e. The van der Waals surface area contributed by atoms with Crippen LogP contribution in [0.4, 0.5) is 0 Å². The second-order valence-electron chi connectivity index (χ2n) is 9.16. The van der Waals surface area contributed by atoms with Crippen LogP contribution in [0.5, 0.6) is 0 Å². The van der Waals surface area contributed by atoms with Crippen LogP contribution in [-0.4, -0.2) is 24.5 Å². The van der Waals surface area contributed by atoms with Crippen molar-refractivity contribution in [2.45, 2.75) is 65.8 Å². The number of allylic oxidation sites excluding steroid dienone is 5. The molecule has 3 aliphatic rings. The number of rotatable bonds is 6. The normalized spacial score (nSPS) is 26.1. The number of hydrogen-bond acceptors (Lipinski definition) is 3. The van der Waals surface area contributed by atoms with Crippen LogP contribution in [0.3, 0.4) is 0 Å². The molecule has 3 atom stereocenters. The molecule has 1 aromatic rings. The summed E-state index contributed by atoms with van der Waals surface area (Å²) in [7, 11) is 0. The first-order chi connectivity index (χ1) is 14.6. The lowest BCUT2D eigenvalue weighted by Crippen LogP contribution is -2.38. The van der Waals surface area contributed by atoms with Gasteiger partial charge < -0.3 is 5.32 Å². The zero-order valence-corrected chi connectivity index (χ0v) is 18.9. The molecule has 1 heterocycles. The fraction of sp³-hybridized carbons (Fsp3) is 0.481. The Morgan fingerprint density at radius 3 is 2.87 bits per heavy atom. The van der Waals surface area contributed by atoms with E-state index < -0.39 is 0 Å². The summed E-state index contributed by atoms with van der Waals surface area (Å²) in [5, 5.41) is 3.87. The van der Waals surface area contributed by atoms with Crippen molar-refractivity contribution in [3.63, 3.8) is 0 Å². The standard InChI is InChI=1S/C27H35N3/c1-5-9-28-16-20(6-2)24-13-23-11-19(4)12-26(27(23)29-17-24)30-25-14-21-8-7-18(3)10-22(21)15-25/h6-8,10,12,16-17,19,23,25,30H,5,9,11,13-15H2,1-4H3/b20-6+,28-16?. The molecule has 158 valence electrons. The molecule has 0 spiro atoms. The molecule has 1 aliphatic heterocycles. The lowest BCUT2D eigenvalue weighted by Gasteiger charge is -2.33. The van der Waals surface area contributed by atoms with Crippen LogP contribution < -0.4 is 5.32 Å².